The molecule has 1 fully saturated rings. The molecule has 3 rings (SSSR count). The van der Waals surface area contributed by atoms with Crippen molar-refractivity contribution in [3.8, 4) is 0 Å². The van der Waals surface area contributed by atoms with Gasteiger partial charge in [-0.1, -0.05) is 81.4 Å². The molecule has 0 N–H and O–H groups in total. The molecule has 5 nitrogen and oxygen atoms in total. The van der Waals surface area contributed by atoms with E-state index in [4.69, 9.17) is 18.6 Å². The first-order valence-corrected chi connectivity index (χ1v) is 14.8. The molecule has 4 atom stereocenters. The van der Waals surface area contributed by atoms with Crippen molar-refractivity contribution in [3.63, 3.8) is 0 Å². The maximum absolute atomic E-state index is 12.9. The molecule has 0 bridgehead atoms. The van der Waals surface area contributed by atoms with E-state index in [1.165, 1.54) is 0 Å². The van der Waals surface area contributed by atoms with Gasteiger partial charge in [-0.05, 0) is 42.8 Å². The Balaban J connectivity index is 1.70. The summed E-state index contributed by atoms with van der Waals surface area (Å²) in [6, 6.07) is 19.8. The largest absolute Gasteiger partial charge is 0.407 e. The molecule has 0 aromatic heterocycles. The first-order valence-electron chi connectivity index (χ1n) is 11.9. The smallest absolute Gasteiger partial charge is 0.193 e. The molecule has 1 aliphatic heterocycles. The van der Waals surface area contributed by atoms with Gasteiger partial charge in [-0.25, -0.2) is 0 Å². The van der Waals surface area contributed by atoms with E-state index in [0.29, 0.717) is 13.2 Å². The Labute approximate surface area is 205 Å². The third-order valence-corrected chi connectivity index (χ3v) is 11.1. The molecule has 1 aliphatic rings. The number of benzene rings is 2. The lowest BCUT2D eigenvalue weighted by Gasteiger charge is -2.38. The molecule has 1 heterocycles. The van der Waals surface area contributed by atoms with E-state index < -0.39 is 26.8 Å². The summed E-state index contributed by atoms with van der Waals surface area (Å²) in [5, 5.41) is 0.0361. The van der Waals surface area contributed by atoms with Crippen LogP contribution in [0.25, 0.3) is 0 Å². The summed E-state index contributed by atoms with van der Waals surface area (Å²) in [7, 11) is -2.05. The van der Waals surface area contributed by atoms with Gasteiger partial charge in [0.15, 0.2) is 20.4 Å². The van der Waals surface area contributed by atoms with E-state index in [1.807, 2.05) is 67.6 Å². The fourth-order valence-corrected chi connectivity index (χ4v) is 4.78. The van der Waals surface area contributed by atoms with E-state index >= 15 is 0 Å². The van der Waals surface area contributed by atoms with Crippen molar-refractivity contribution in [3.05, 3.63) is 83.9 Å². The monoisotopic (exact) mass is 482 g/mol. The predicted molar refractivity (Wildman–Crippen MR) is 137 cm³/mol. The van der Waals surface area contributed by atoms with Crippen LogP contribution >= 0.6 is 0 Å². The summed E-state index contributed by atoms with van der Waals surface area (Å²) in [5.74, 6) is -0.0713. The van der Waals surface area contributed by atoms with E-state index in [2.05, 4.69) is 33.9 Å². The highest BCUT2D eigenvalue weighted by Crippen LogP contribution is 2.37. The SMILES string of the molecule is C[C@H](O[Si](C)(C)C(C)(C)C)C(=O)/C=C/[C@@H]1OC(c2ccccc2)OC[C@@H]1OCc1ccccc1. The maximum atomic E-state index is 12.9. The predicted octanol–water partition coefficient (Wildman–Crippen LogP) is 6.22. The summed E-state index contributed by atoms with van der Waals surface area (Å²) in [6.45, 7) is 13.4. The van der Waals surface area contributed by atoms with Crippen LogP contribution in [0.5, 0.6) is 0 Å². The molecule has 0 saturated carbocycles. The number of ether oxygens (including phenoxy) is 3. The van der Waals surface area contributed by atoms with Crippen LogP contribution in [-0.4, -0.2) is 39.0 Å². The van der Waals surface area contributed by atoms with Gasteiger partial charge in [0, 0.05) is 5.56 Å². The maximum Gasteiger partial charge on any atom is 0.193 e. The fourth-order valence-electron chi connectivity index (χ4n) is 3.42. The third-order valence-electron chi connectivity index (χ3n) is 6.57. The van der Waals surface area contributed by atoms with Crippen LogP contribution in [0, 0.1) is 0 Å². The van der Waals surface area contributed by atoms with Gasteiger partial charge in [-0.15, -0.1) is 0 Å². The number of rotatable bonds is 9. The topological polar surface area (TPSA) is 54.0 Å². The zero-order valence-electron chi connectivity index (χ0n) is 21.2. The van der Waals surface area contributed by atoms with E-state index in [-0.39, 0.29) is 16.9 Å². The molecule has 2 aromatic carbocycles. The molecule has 0 spiro atoms. The van der Waals surface area contributed by atoms with Gasteiger partial charge < -0.3 is 18.6 Å². The van der Waals surface area contributed by atoms with Crippen LogP contribution in [0.2, 0.25) is 18.1 Å². The lowest BCUT2D eigenvalue weighted by atomic mass is 10.1. The molecule has 6 heteroatoms. The fraction of sp³-hybridized carbons (Fsp3) is 0.464. The van der Waals surface area contributed by atoms with Crippen molar-refractivity contribution in [2.75, 3.05) is 6.61 Å². The van der Waals surface area contributed by atoms with Crippen LogP contribution < -0.4 is 0 Å². The van der Waals surface area contributed by atoms with Crippen molar-refractivity contribution >= 4 is 14.1 Å². The average Bonchev–Trinajstić information content (AvgIpc) is 2.81. The number of carbonyl (C=O) groups is 1. The van der Waals surface area contributed by atoms with Gasteiger partial charge in [0.25, 0.3) is 0 Å². The van der Waals surface area contributed by atoms with Crippen LogP contribution in [0.1, 0.15) is 45.1 Å². The lowest BCUT2D eigenvalue weighted by molar-refractivity contribution is -0.255. The van der Waals surface area contributed by atoms with Gasteiger partial charge in [-0.3, -0.25) is 4.79 Å². The Morgan fingerprint density at radius 1 is 1.09 bits per heavy atom. The minimum Gasteiger partial charge on any atom is -0.407 e. The van der Waals surface area contributed by atoms with Crippen LogP contribution in [-0.2, 0) is 30.0 Å². The summed E-state index contributed by atoms with van der Waals surface area (Å²) in [4.78, 5) is 12.9. The lowest BCUT2D eigenvalue weighted by Crippen LogP contribution is -2.45. The minimum atomic E-state index is -2.05. The van der Waals surface area contributed by atoms with Crippen molar-refractivity contribution in [2.45, 2.75) is 77.0 Å². The zero-order chi connectivity index (χ0) is 24.8. The van der Waals surface area contributed by atoms with Crippen molar-refractivity contribution in [1.29, 1.82) is 0 Å². The van der Waals surface area contributed by atoms with Gasteiger partial charge in [0.1, 0.15) is 18.3 Å². The summed E-state index contributed by atoms with van der Waals surface area (Å²) in [6.07, 6.45) is 1.60. The van der Waals surface area contributed by atoms with Crippen molar-refractivity contribution < 1.29 is 23.4 Å². The number of hydrogen-bond acceptors (Lipinski definition) is 5. The quantitative estimate of drug-likeness (QED) is 0.314. The first-order chi connectivity index (χ1) is 16.1. The Hall–Kier alpha value is -2.09. The summed E-state index contributed by atoms with van der Waals surface area (Å²) in [5.41, 5.74) is 2.01. The molecule has 184 valence electrons. The Kier molecular flexibility index (Phi) is 9.01. The molecule has 0 amide bonds. The number of carbonyl (C=O) groups excluding carboxylic acids is 1. The second kappa shape index (κ2) is 11.6. The highest BCUT2D eigenvalue weighted by Gasteiger charge is 2.39. The molecule has 2 aromatic rings. The Morgan fingerprint density at radius 3 is 2.32 bits per heavy atom. The highest BCUT2D eigenvalue weighted by molar-refractivity contribution is 6.74. The minimum absolute atomic E-state index is 0.0361. The van der Waals surface area contributed by atoms with Crippen molar-refractivity contribution in [1.82, 2.24) is 0 Å². The average molecular weight is 483 g/mol. The van der Waals surface area contributed by atoms with Gasteiger partial charge in [-0.2, -0.15) is 0 Å². The second-order valence-electron chi connectivity index (χ2n) is 10.3. The third kappa shape index (κ3) is 7.20. The van der Waals surface area contributed by atoms with E-state index in [0.717, 1.165) is 11.1 Å². The standard InChI is InChI=1S/C28H38O5Si/c1-21(33-34(5,6)28(2,3)4)24(29)17-18-25-26(30-19-22-13-9-7-10-14-22)20-31-27(32-25)23-15-11-8-12-16-23/h7-18,21,25-27H,19-20H2,1-6H3/b18-17+/t21-,25-,26-,27?/m0/s1. The van der Waals surface area contributed by atoms with Crippen LogP contribution in [0.4, 0.5) is 0 Å². The first kappa shape index (κ1) is 26.5. The molecule has 0 aliphatic carbocycles. The van der Waals surface area contributed by atoms with Gasteiger partial charge in [0.2, 0.25) is 0 Å². The van der Waals surface area contributed by atoms with Crippen molar-refractivity contribution in [2.24, 2.45) is 0 Å². The van der Waals surface area contributed by atoms with E-state index in [9.17, 15) is 4.79 Å². The molecule has 0 radical (unpaired) electrons. The normalized spacial score (nSPS) is 22.6. The van der Waals surface area contributed by atoms with Gasteiger partial charge >= 0.3 is 0 Å². The summed E-state index contributed by atoms with van der Waals surface area (Å²) < 4.78 is 24.6. The molecule has 1 saturated heterocycles. The number of ketones is 1. The van der Waals surface area contributed by atoms with Gasteiger partial charge in [0.05, 0.1) is 13.2 Å². The van der Waals surface area contributed by atoms with Crippen LogP contribution in [0.3, 0.4) is 0 Å². The molecule has 34 heavy (non-hydrogen) atoms. The molecule has 1 unspecified atom stereocenters. The van der Waals surface area contributed by atoms with E-state index in [1.54, 1.807) is 12.2 Å². The Bertz CT molecular complexity index is 936. The Morgan fingerprint density at radius 2 is 1.71 bits per heavy atom. The zero-order valence-corrected chi connectivity index (χ0v) is 22.2. The summed E-state index contributed by atoms with van der Waals surface area (Å²) >= 11 is 0. The molecular weight excluding hydrogens is 444 g/mol. The second-order valence-corrected chi connectivity index (χ2v) is 15.0. The van der Waals surface area contributed by atoms with Crippen LogP contribution in [0.15, 0.2) is 72.8 Å². The highest BCUT2D eigenvalue weighted by atomic mass is 28.4. The molecular formula is C28H38O5Si. The number of hydrogen-bond donors (Lipinski definition) is 0.